The molecule has 2 aliphatic heterocycles. The molecule has 3 heterocycles. The summed E-state index contributed by atoms with van der Waals surface area (Å²) in [6, 6.07) is -0.721. The minimum absolute atomic E-state index is 0.151. The van der Waals surface area contributed by atoms with E-state index in [0.717, 1.165) is 0 Å². The molecule has 8 nitrogen and oxygen atoms in total. The first-order chi connectivity index (χ1) is 12.3. The molecule has 2 aliphatic rings. The Bertz CT molecular complexity index is 855. The summed E-state index contributed by atoms with van der Waals surface area (Å²) in [7, 11) is 2.99. The number of methoxy groups -OCH3 is 2. The first kappa shape index (κ1) is 18.2. The van der Waals surface area contributed by atoms with Gasteiger partial charge in [-0.2, -0.15) is 4.98 Å². The molecule has 0 spiro atoms. The number of nitrogens with one attached hydrogen (secondary N) is 1. The fourth-order valence-electron chi connectivity index (χ4n) is 3.29. The number of nitrogens with zero attached hydrogens (tertiary/aromatic N) is 2. The highest BCUT2D eigenvalue weighted by atomic mass is 16.5. The van der Waals surface area contributed by atoms with E-state index in [1.807, 2.05) is 13.8 Å². The first-order valence-corrected chi connectivity index (χ1v) is 8.46. The zero-order valence-electron chi connectivity index (χ0n) is 15.5. The molecule has 0 aromatic carbocycles. The van der Waals surface area contributed by atoms with Crippen molar-refractivity contribution in [3.8, 4) is 5.88 Å². The molecule has 1 N–H and O–H groups in total. The molecule has 26 heavy (non-hydrogen) atoms. The van der Waals surface area contributed by atoms with E-state index in [1.165, 1.54) is 25.0 Å². The Balaban J connectivity index is 2.31. The second-order valence-corrected chi connectivity index (χ2v) is 6.80. The van der Waals surface area contributed by atoms with Crippen molar-refractivity contribution < 1.29 is 19.0 Å². The molecule has 1 aromatic heterocycles. The normalized spacial score (nSPS) is 24.2. The summed E-state index contributed by atoms with van der Waals surface area (Å²) in [5.41, 5.74) is -1.35. The number of hydrogen-bond donors (Lipinski definition) is 1. The standard InChI is InChI=1S/C18H23N3O5/c1-10(2)9-18(25-5)17-19-15-13(8-12(24-4)6-7-26-15)16(23)21(17)11(3)14(22)20-18/h6-8,10-11H,9H2,1-5H3,(H,20,22)/t11-,18-/m1/s1. The summed E-state index contributed by atoms with van der Waals surface area (Å²) in [6.45, 7) is 5.66. The van der Waals surface area contributed by atoms with E-state index < -0.39 is 11.8 Å². The maximum atomic E-state index is 13.2. The van der Waals surface area contributed by atoms with Gasteiger partial charge in [0.05, 0.1) is 13.4 Å². The van der Waals surface area contributed by atoms with Crippen LogP contribution in [0.4, 0.5) is 0 Å². The molecule has 0 unspecified atom stereocenters. The number of amides is 1. The number of aromatic nitrogens is 2. The molecular formula is C18H23N3O5. The van der Waals surface area contributed by atoms with Gasteiger partial charge in [-0.3, -0.25) is 14.2 Å². The average molecular weight is 361 g/mol. The molecule has 0 bridgehead atoms. The summed E-state index contributed by atoms with van der Waals surface area (Å²) < 4.78 is 17.8. The number of fused-ring (bicyclic) bond motifs is 2. The predicted molar refractivity (Wildman–Crippen MR) is 94.2 cm³/mol. The third kappa shape index (κ3) is 2.80. The fourth-order valence-corrected chi connectivity index (χ4v) is 3.29. The molecule has 3 rings (SSSR count). The topological polar surface area (TPSA) is 91.7 Å². The van der Waals surface area contributed by atoms with Crippen LogP contribution in [0.25, 0.3) is 6.08 Å². The van der Waals surface area contributed by atoms with Crippen LogP contribution in [0.1, 0.15) is 44.6 Å². The van der Waals surface area contributed by atoms with Crippen molar-refractivity contribution in [3.63, 3.8) is 0 Å². The van der Waals surface area contributed by atoms with Crippen molar-refractivity contribution in [2.24, 2.45) is 5.92 Å². The van der Waals surface area contributed by atoms with Gasteiger partial charge in [0.1, 0.15) is 17.4 Å². The molecule has 8 heteroatoms. The van der Waals surface area contributed by atoms with Gasteiger partial charge in [-0.05, 0) is 18.9 Å². The van der Waals surface area contributed by atoms with Crippen molar-refractivity contribution in [1.82, 2.24) is 14.9 Å². The Hall–Kier alpha value is -2.61. The number of rotatable bonds is 4. The fraction of sp³-hybridized carbons (Fsp3) is 0.500. The van der Waals surface area contributed by atoms with Gasteiger partial charge >= 0.3 is 0 Å². The largest absolute Gasteiger partial charge is 0.497 e. The van der Waals surface area contributed by atoms with Crippen LogP contribution in [0.5, 0.6) is 5.88 Å². The minimum atomic E-state index is -1.20. The van der Waals surface area contributed by atoms with Crippen LogP contribution in [-0.2, 0) is 20.0 Å². The average Bonchev–Trinajstić information content (AvgIpc) is 2.81. The molecule has 140 valence electrons. The Kier molecular flexibility index (Phi) is 4.62. The lowest BCUT2D eigenvalue weighted by atomic mass is 9.95. The number of carbonyl (C=O) groups excluding carboxylic acids is 1. The lowest BCUT2D eigenvalue weighted by Crippen LogP contribution is -2.59. The van der Waals surface area contributed by atoms with Crippen LogP contribution in [-0.4, -0.2) is 29.7 Å². The molecule has 2 atom stereocenters. The van der Waals surface area contributed by atoms with Gasteiger partial charge in [0.25, 0.3) is 5.56 Å². The van der Waals surface area contributed by atoms with Gasteiger partial charge in [0.2, 0.25) is 11.8 Å². The molecule has 1 amide bonds. The number of ether oxygens (including phenoxy) is 3. The van der Waals surface area contributed by atoms with E-state index in [0.29, 0.717) is 18.0 Å². The van der Waals surface area contributed by atoms with Gasteiger partial charge in [-0.1, -0.05) is 13.8 Å². The Morgan fingerprint density at radius 1 is 1.38 bits per heavy atom. The van der Waals surface area contributed by atoms with Crippen LogP contribution in [0, 0.1) is 5.92 Å². The van der Waals surface area contributed by atoms with Crippen LogP contribution in [0.2, 0.25) is 0 Å². The Labute approximate surface area is 151 Å². The van der Waals surface area contributed by atoms with E-state index in [2.05, 4.69) is 10.3 Å². The smallest absolute Gasteiger partial charge is 0.265 e. The second-order valence-electron chi connectivity index (χ2n) is 6.80. The van der Waals surface area contributed by atoms with Gasteiger partial charge < -0.3 is 19.5 Å². The summed E-state index contributed by atoms with van der Waals surface area (Å²) in [5, 5.41) is 2.89. The van der Waals surface area contributed by atoms with Crippen molar-refractivity contribution in [3.05, 3.63) is 39.8 Å². The summed E-state index contributed by atoms with van der Waals surface area (Å²) in [5.74, 6) is 0.822. The van der Waals surface area contributed by atoms with Crippen LogP contribution >= 0.6 is 0 Å². The van der Waals surface area contributed by atoms with E-state index >= 15 is 0 Å². The van der Waals surface area contributed by atoms with Crippen molar-refractivity contribution >= 4 is 12.0 Å². The van der Waals surface area contributed by atoms with E-state index in [9.17, 15) is 9.59 Å². The summed E-state index contributed by atoms with van der Waals surface area (Å²) in [6.07, 6.45) is 5.02. The zero-order chi connectivity index (χ0) is 19.1. The highest BCUT2D eigenvalue weighted by Gasteiger charge is 2.46. The molecule has 0 saturated carbocycles. The zero-order valence-corrected chi connectivity index (χ0v) is 15.5. The molecule has 1 aromatic rings. The Morgan fingerprint density at radius 3 is 2.73 bits per heavy atom. The molecule has 0 aliphatic carbocycles. The third-order valence-corrected chi connectivity index (χ3v) is 4.55. The van der Waals surface area contributed by atoms with Crippen molar-refractivity contribution in [2.45, 2.75) is 39.0 Å². The third-order valence-electron chi connectivity index (χ3n) is 4.55. The van der Waals surface area contributed by atoms with Crippen LogP contribution in [0.3, 0.4) is 0 Å². The lowest BCUT2D eigenvalue weighted by Gasteiger charge is -2.41. The van der Waals surface area contributed by atoms with E-state index in [-0.39, 0.29) is 28.8 Å². The van der Waals surface area contributed by atoms with E-state index in [4.69, 9.17) is 14.2 Å². The monoisotopic (exact) mass is 361 g/mol. The molecule has 0 saturated heterocycles. The van der Waals surface area contributed by atoms with Crippen LogP contribution < -0.4 is 15.6 Å². The highest BCUT2D eigenvalue weighted by Crippen LogP contribution is 2.35. The second kappa shape index (κ2) is 6.60. The molecule has 0 fully saturated rings. The predicted octanol–water partition coefficient (Wildman–Crippen LogP) is 1.67. The highest BCUT2D eigenvalue weighted by molar-refractivity contribution is 5.82. The van der Waals surface area contributed by atoms with Gasteiger partial charge in [-0.25, -0.2) is 0 Å². The SMILES string of the molecule is COC1=Cc2c(nc3n(c2=O)[C@H](C)C(=O)N[C@]3(CC(C)C)OC)OC=C1. The van der Waals surface area contributed by atoms with Crippen LogP contribution in [0.15, 0.2) is 22.9 Å². The van der Waals surface area contributed by atoms with Crippen molar-refractivity contribution in [2.75, 3.05) is 14.2 Å². The molecular weight excluding hydrogens is 338 g/mol. The maximum Gasteiger partial charge on any atom is 0.265 e. The minimum Gasteiger partial charge on any atom is -0.497 e. The quantitative estimate of drug-likeness (QED) is 0.877. The first-order valence-electron chi connectivity index (χ1n) is 8.46. The molecule has 0 radical (unpaired) electrons. The van der Waals surface area contributed by atoms with E-state index in [1.54, 1.807) is 19.1 Å². The maximum absolute atomic E-state index is 13.2. The van der Waals surface area contributed by atoms with Gasteiger partial charge in [0.15, 0.2) is 11.5 Å². The van der Waals surface area contributed by atoms with Gasteiger partial charge in [-0.15, -0.1) is 0 Å². The summed E-state index contributed by atoms with van der Waals surface area (Å²) in [4.78, 5) is 30.3. The number of hydrogen-bond acceptors (Lipinski definition) is 6. The Morgan fingerprint density at radius 2 is 2.12 bits per heavy atom. The van der Waals surface area contributed by atoms with Gasteiger partial charge in [0, 0.05) is 19.6 Å². The number of allylic oxidation sites excluding steroid dienone is 1. The van der Waals surface area contributed by atoms with Crippen molar-refractivity contribution in [1.29, 1.82) is 0 Å². The summed E-state index contributed by atoms with van der Waals surface area (Å²) >= 11 is 0. The lowest BCUT2D eigenvalue weighted by molar-refractivity contribution is -0.144. The number of carbonyl (C=O) groups is 1.